The lowest BCUT2D eigenvalue weighted by Gasteiger charge is -2.06. The summed E-state index contributed by atoms with van der Waals surface area (Å²) in [6.45, 7) is 0. The summed E-state index contributed by atoms with van der Waals surface area (Å²) >= 11 is 1.32. The van der Waals surface area contributed by atoms with Gasteiger partial charge in [-0.3, -0.25) is 9.59 Å². The number of H-pyrrole nitrogens is 1. The van der Waals surface area contributed by atoms with E-state index in [0.29, 0.717) is 21.3 Å². The summed E-state index contributed by atoms with van der Waals surface area (Å²) in [5, 5.41) is 0.324. The van der Waals surface area contributed by atoms with Crippen LogP contribution in [0.4, 0.5) is 0 Å². The van der Waals surface area contributed by atoms with Crippen molar-refractivity contribution < 1.29 is 4.74 Å². The molecule has 0 fully saturated rings. The van der Waals surface area contributed by atoms with Gasteiger partial charge in [-0.15, -0.1) is 11.3 Å². The number of hydrogen-bond donors (Lipinski definition) is 1. The molecule has 1 N–H and O–H groups in total. The summed E-state index contributed by atoms with van der Waals surface area (Å²) in [6, 6.07) is 14.6. The van der Waals surface area contributed by atoms with Crippen LogP contribution in [0, 0.1) is 9.88 Å². The Hall–Kier alpha value is -2.86. The third-order valence-corrected chi connectivity index (χ3v) is 4.88. The summed E-state index contributed by atoms with van der Waals surface area (Å²) in [6.07, 6.45) is 0. The van der Waals surface area contributed by atoms with Gasteiger partial charge in [0, 0.05) is 0 Å². The monoisotopic (exact) mass is 324 g/mol. The molecule has 0 saturated carbocycles. The zero-order valence-corrected chi connectivity index (χ0v) is 13.0. The molecule has 0 radical (unpaired) electrons. The average molecular weight is 324 g/mol. The van der Waals surface area contributed by atoms with Crippen molar-refractivity contribution in [2.24, 2.45) is 0 Å². The molecular formula is C17H12N2O3S. The minimum Gasteiger partial charge on any atom is -0.495 e. The maximum atomic E-state index is 12.8. The normalized spacial score (nSPS) is 11.2. The molecule has 0 aliphatic carbocycles. The van der Waals surface area contributed by atoms with Crippen molar-refractivity contribution in [1.82, 2.24) is 9.55 Å². The van der Waals surface area contributed by atoms with E-state index in [-0.39, 0.29) is 11.1 Å². The first kappa shape index (κ1) is 13.8. The molecule has 2 aromatic carbocycles. The van der Waals surface area contributed by atoms with Gasteiger partial charge in [-0.05, 0) is 24.3 Å². The Morgan fingerprint density at radius 3 is 2.57 bits per heavy atom. The highest BCUT2D eigenvalue weighted by Crippen LogP contribution is 2.21. The zero-order chi connectivity index (χ0) is 16.0. The van der Waals surface area contributed by atoms with Crippen molar-refractivity contribution in [2.75, 3.05) is 7.11 Å². The van der Waals surface area contributed by atoms with Gasteiger partial charge in [0.25, 0.3) is 11.1 Å². The quantitative estimate of drug-likeness (QED) is 0.616. The molecule has 2 aliphatic rings. The maximum Gasteiger partial charge on any atom is 0.283 e. The van der Waals surface area contributed by atoms with Crippen LogP contribution < -0.4 is 15.9 Å². The number of methoxy groups -OCH3 is 1. The molecule has 0 atom stereocenters. The number of para-hydroxylation sites is 3. The Kier molecular flexibility index (Phi) is 3.06. The number of aromatic nitrogens is 2. The van der Waals surface area contributed by atoms with Gasteiger partial charge in [-0.2, -0.15) is 0 Å². The smallest absolute Gasteiger partial charge is 0.283 e. The van der Waals surface area contributed by atoms with Crippen LogP contribution in [0.15, 0.2) is 58.1 Å². The van der Waals surface area contributed by atoms with Crippen molar-refractivity contribution in [1.29, 1.82) is 0 Å². The van der Waals surface area contributed by atoms with Gasteiger partial charge in [0.15, 0.2) is 0 Å². The summed E-state index contributed by atoms with van der Waals surface area (Å²) in [5.41, 5.74) is 0.586. The van der Waals surface area contributed by atoms with Crippen LogP contribution >= 0.6 is 11.3 Å². The molecule has 0 unspecified atom stereocenters. The number of ether oxygens (including phenoxy) is 1. The lowest BCUT2D eigenvalue weighted by atomic mass is 10.3. The van der Waals surface area contributed by atoms with E-state index in [9.17, 15) is 9.59 Å². The number of nitrogens with zero attached hydrogens (tertiary/aromatic N) is 1. The first-order valence-electron chi connectivity index (χ1n) is 7.00. The van der Waals surface area contributed by atoms with Crippen LogP contribution in [0.1, 0.15) is 0 Å². The van der Waals surface area contributed by atoms with Gasteiger partial charge in [-0.25, -0.2) is 4.57 Å². The second-order valence-corrected chi connectivity index (χ2v) is 6.10. The Balaban J connectivity index is 2.16. The van der Waals surface area contributed by atoms with Gasteiger partial charge in [0.1, 0.15) is 15.6 Å². The summed E-state index contributed by atoms with van der Waals surface area (Å²) in [7, 11) is 1.51. The number of benzene rings is 2. The van der Waals surface area contributed by atoms with E-state index < -0.39 is 0 Å². The second-order valence-electron chi connectivity index (χ2n) is 5.04. The summed E-state index contributed by atoms with van der Waals surface area (Å²) < 4.78 is 7.78. The highest BCUT2D eigenvalue weighted by atomic mass is 32.1. The van der Waals surface area contributed by atoms with Crippen molar-refractivity contribution in [3.05, 3.63) is 79.1 Å². The number of aromatic amines is 1. The SMILES string of the molecule is COc1ccccc1-n1c(=O)c2[nH]c3ccccc3sc=2c1=O. The Bertz CT molecular complexity index is 1130. The van der Waals surface area contributed by atoms with Crippen LogP contribution in [0.25, 0.3) is 15.9 Å². The molecule has 23 heavy (non-hydrogen) atoms. The third-order valence-electron chi connectivity index (χ3n) is 3.73. The number of hydrogen-bond acceptors (Lipinski definition) is 4. The van der Waals surface area contributed by atoms with E-state index >= 15 is 0 Å². The van der Waals surface area contributed by atoms with Crippen molar-refractivity contribution >= 4 is 21.6 Å². The lowest BCUT2D eigenvalue weighted by Crippen LogP contribution is -2.25. The summed E-state index contributed by atoms with van der Waals surface area (Å²) in [4.78, 5) is 28.6. The van der Waals surface area contributed by atoms with Crippen molar-refractivity contribution in [2.45, 2.75) is 0 Å². The third kappa shape index (κ3) is 1.99. The van der Waals surface area contributed by atoms with E-state index in [0.717, 1.165) is 14.8 Å². The predicted molar refractivity (Wildman–Crippen MR) is 89.9 cm³/mol. The van der Waals surface area contributed by atoms with Gasteiger partial charge >= 0.3 is 0 Å². The van der Waals surface area contributed by atoms with Gasteiger partial charge in [-0.1, -0.05) is 24.3 Å². The van der Waals surface area contributed by atoms with Gasteiger partial charge < -0.3 is 9.72 Å². The largest absolute Gasteiger partial charge is 0.495 e. The molecule has 0 amide bonds. The van der Waals surface area contributed by atoms with E-state index in [1.165, 1.54) is 18.4 Å². The van der Waals surface area contributed by atoms with Crippen LogP contribution in [0.5, 0.6) is 5.75 Å². The van der Waals surface area contributed by atoms with Crippen LogP contribution in [-0.4, -0.2) is 16.7 Å². The first-order chi connectivity index (χ1) is 11.2. The minimum absolute atomic E-state index is 0.324. The standard InChI is InChI=1S/C17H12N2O3S/c1-22-12-8-4-3-7-11(12)19-16(20)14-15(17(19)21)23-13-9-5-2-6-10(13)18-14/h2-9,18H,1H3. The molecule has 0 bridgehead atoms. The molecular weight excluding hydrogens is 312 g/mol. The Morgan fingerprint density at radius 1 is 1.00 bits per heavy atom. The molecule has 5 nitrogen and oxygen atoms in total. The molecule has 2 heterocycles. The number of rotatable bonds is 2. The zero-order valence-electron chi connectivity index (χ0n) is 12.2. The molecule has 0 spiro atoms. The molecule has 6 heteroatoms. The summed E-state index contributed by atoms with van der Waals surface area (Å²) in [5.74, 6) is 0.483. The molecule has 2 aliphatic heterocycles. The van der Waals surface area contributed by atoms with E-state index in [1.54, 1.807) is 24.3 Å². The van der Waals surface area contributed by atoms with Crippen LogP contribution in [0.3, 0.4) is 0 Å². The van der Waals surface area contributed by atoms with E-state index in [2.05, 4.69) is 4.98 Å². The molecule has 114 valence electrons. The fourth-order valence-electron chi connectivity index (χ4n) is 2.65. The minimum atomic E-state index is -0.364. The fourth-order valence-corrected chi connectivity index (χ4v) is 3.67. The first-order valence-corrected chi connectivity index (χ1v) is 7.82. The molecule has 0 aromatic heterocycles. The molecule has 0 saturated heterocycles. The van der Waals surface area contributed by atoms with Crippen molar-refractivity contribution in [3.63, 3.8) is 0 Å². The molecule has 4 rings (SSSR count). The van der Waals surface area contributed by atoms with Gasteiger partial charge in [0.05, 0.1) is 23.0 Å². The lowest BCUT2D eigenvalue weighted by molar-refractivity contribution is 0.412. The highest BCUT2D eigenvalue weighted by Gasteiger charge is 2.16. The Morgan fingerprint density at radius 2 is 1.74 bits per heavy atom. The fraction of sp³-hybridized carbons (Fsp3) is 0.0588. The Labute approximate surface area is 134 Å². The van der Waals surface area contributed by atoms with Crippen LogP contribution in [0.2, 0.25) is 0 Å². The molecule has 2 aromatic rings. The van der Waals surface area contributed by atoms with Gasteiger partial charge in [0.2, 0.25) is 0 Å². The van der Waals surface area contributed by atoms with E-state index in [1.807, 2.05) is 24.3 Å². The van der Waals surface area contributed by atoms with Crippen molar-refractivity contribution in [3.8, 4) is 11.4 Å². The highest BCUT2D eigenvalue weighted by molar-refractivity contribution is 7.16. The maximum absolute atomic E-state index is 12.8. The predicted octanol–water partition coefficient (Wildman–Crippen LogP) is 2.47. The second kappa shape index (κ2) is 5.10. The average Bonchev–Trinajstić information content (AvgIpc) is 2.83. The number of nitrogens with one attached hydrogen (secondary N) is 1. The van der Waals surface area contributed by atoms with Crippen LogP contribution in [-0.2, 0) is 0 Å². The van der Waals surface area contributed by atoms with E-state index in [4.69, 9.17) is 4.74 Å². The number of fused-ring (bicyclic) bond motifs is 1. The topological polar surface area (TPSA) is 64.1 Å².